The summed E-state index contributed by atoms with van der Waals surface area (Å²) < 4.78 is 4.92. The minimum absolute atomic E-state index is 0. The zero-order valence-electron chi connectivity index (χ0n) is 7.95. The van der Waals surface area contributed by atoms with Gasteiger partial charge in [0, 0.05) is 0 Å². The lowest BCUT2D eigenvalue weighted by Crippen LogP contribution is -2.09. The first-order chi connectivity index (χ1) is 6.25. The first kappa shape index (κ1) is 12.8. The normalized spacial score (nSPS) is 9.21. The first-order valence-corrected chi connectivity index (χ1v) is 4.21. The second-order valence-corrected chi connectivity index (χ2v) is 2.65. The third-order valence-electron chi connectivity index (χ3n) is 1.60. The van der Waals surface area contributed by atoms with E-state index in [0.29, 0.717) is 6.61 Å². The van der Waals surface area contributed by atoms with Crippen molar-refractivity contribution in [3.05, 3.63) is 12.0 Å². The number of nitrogens with zero attached hydrogens (tertiary/aromatic N) is 1. The number of unbranched alkanes of at least 4 members (excludes halogenated alkanes) is 1. The predicted molar refractivity (Wildman–Crippen MR) is 55.4 cm³/mol. The number of ether oxygens (including phenoxy) is 1. The maximum atomic E-state index is 11.2. The number of nitrogen functional groups attached to an aromatic ring is 1. The van der Waals surface area contributed by atoms with Gasteiger partial charge in [0.25, 0.3) is 0 Å². The highest BCUT2D eigenvalue weighted by molar-refractivity contribution is 5.91. The van der Waals surface area contributed by atoms with Crippen LogP contribution in [0.15, 0.2) is 6.33 Å². The number of imidazole rings is 1. The minimum atomic E-state index is -0.441. The Hall–Kier alpha value is -1.23. The number of carbonyl (C=O) groups is 1. The highest BCUT2D eigenvalue weighted by Crippen LogP contribution is 2.05. The van der Waals surface area contributed by atoms with Crippen molar-refractivity contribution in [2.45, 2.75) is 19.8 Å². The molecule has 1 aromatic heterocycles. The monoisotopic (exact) mass is 219 g/mol. The van der Waals surface area contributed by atoms with E-state index in [9.17, 15) is 4.79 Å². The molecule has 0 bridgehead atoms. The van der Waals surface area contributed by atoms with Crippen molar-refractivity contribution in [1.29, 1.82) is 0 Å². The summed E-state index contributed by atoms with van der Waals surface area (Å²) in [4.78, 5) is 17.5. The van der Waals surface area contributed by atoms with Gasteiger partial charge in [-0.15, -0.1) is 12.4 Å². The number of esters is 1. The van der Waals surface area contributed by atoms with Gasteiger partial charge in [0.05, 0.1) is 12.9 Å². The molecule has 1 aromatic rings. The lowest BCUT2D eigenvalue weighted by atomic mass is 10.3. The summed E-state index contributed by atoms with van der Waals surface area (Å²) in [6.07, 6.45) is 3.22. The molecule has 6 heteroatoms. The molecule has 0 aliphatic heterocycles. The molecule has 0 aliphatic rings. The summed E-state index contributed by atoms with van der Waals surface area (Å²) in [5.74, 6) is -0.259. The van der Waals surface area contributed by atoms with Crippen molar-refractivity contribution < 1.29 is 9.53 Å². The van der Waals surface area contributed by atoms with Crippen LogP contribution < -0.4 is 5.73 Å². The number of aromatic nitrogens is 2. The molecule has 0 unspecified atom stereocenters. The van der Waals surface area contributed by atoms with E-state index in [1.54, 1.807) is 0 Å². The van der Waals surface area contributed by atoms with Crippen LogP contribution in [0.5, 0.6) is 0 Å². The van der Waals surface area contributed by atoms with Crippen LogP contribution in [0.25, 0.3) is 0 Å². The molecule has 5 nitrogen and oxygen atoms in total. The van der Waals surface area contributed by atoms with Gasteiger partial charge in [0.1, 0.15) is 0 Å². The molecule has 0 amide bonds. The number of halogens is 1. The van der Waals surface area contributed by atoms with E-state index >= 15 is 0 Å². The van der Waals surface area contributed by atoms with Gasteiger partial charge in [-0.2, -0.15) is 0 Å². The van der Waals surface area contributed by atoms with E-state index in [-0.39, 0.29) is 23.9 Å². The Morgan fingerprint density at radius 3 is 2.93 bits per heavy atom. The number of H-pyrrole nitrogens is 1. The Morgan fingerprint density at radius 1 is 1.71 bits per heavy atom. The van der Waals surface area contributed by atoms with Gasteiger partial charge in [-0.3, -0.25) is 0 Å². The summed E-state index contributed by atoms with van der Waals surface area (Å²) in [6, 6.07) is 0. The molecular formula is C8H14ClN3O2. The van der Waals surface area contributed by atoms with Crippen LogP contribution in [0.1, 0.15) is 30.3 Å². The smallest absolute Gasteiger partial charge is 0.358 e. The molecule has 0 aliphatic carbocycles. The summed E-state index contributed by atoms with van der Waals surface area (Å²) in [7, 11) is 0. The third kappa shape index (κ3) is 3.26. The molecule has 3 N–H and O–H groups in total. The van der Waals surface area contributed by atoms with Gasteiger partial charge in [-0.05, 0) is 6.42 Å². The van der Waals surface area contributed by atoms with Crippen molar-refractivity contribution in [1.82, 2.24) is 9.97 Å². The van der Waals surface area contributed by atoms with E-state index in [4.69, 9.17) is 10.5 Å². The van der Waals surface area contributed by atoms with E-state index in [1.807, 2.05) is 6.92 Å². The van der Waals surface area contributed by atoms with Crippen molar-refractivity contribution in [2.75, 3.05) is 12.3 Å². The minimum Gasteiger partial charge on any atom is -0.461 e. The van der Waals surface area contributed by atoms with Crippen LogP contribution in [-0.2, 0) is 4.74 Å². The van der Waals surface area contributed by atoms with E-state index in [0.717, 1.165) is 12.8 Å². The fourth-order valence-corrected chi connectivity index (χ4v) is 0.850. The topological polar surface area (TPSA) is 81.0 Å². The lowest BCUT2D eigenvalue weighted by molar-refractivity contribution is 0.0495. The molecular weight excluding hydrogens is 206 g/mol. The third-order valence-corrected chi connectivity index (χ3v) is 1.60. The van der Waals surface area contributed by atoms with Crippen LogP contribution in [-0.4, -0.2) is 22.5 Å². The van der Waals surface area contributed by atoms with Crippen LogP contribution in [0.3, 0.4) is 0 Å². The number of aromatic amines is 1. The molecule has 0 fully saturated rings. The molecule has 0 spiro atoms. The van der Waals surface area contributed by atoms with Gasteiger partial charge in [0.2, 0.25) is 0 Å². The lowest BCUT2D eigenvalue weighted by Gasteiger charge is -2.01. The standard InChI is InChI=1S/C8H13N3O2.ClH/c1-2-3-4-13-8(12)6-7(9)11-5-10-6;/h5H,2-4,9H2,1H3,(H,10,11);1H. The number of nitrogens with one attached hydrogen (secondary N) is 1. The Labute approximate surface area is 88.5 Å². The second-order valence-electron chi connectivity index (χ2n) is 2.65. The predicted octanol–water partition coefficient (Wildman–Crippen LogP) is 1.37. The Balaban J connectivity index is 0.00000169. The average molecular weight is 220 g/mol. The molecule has 1 rings (SSSR count). The molecule has 80 valence electrons. The molecule has 14 heavy (non-hydrogen) atoms. The van der Waals surface area contributed by atoms with Gasteiger partial charge in [-0.1, -0.05) is 13.3 Å². The van der Waals surface area contributed by atoms with Gasteiger partial charge < -0.3 is 15.5 Å². The summed E-state index contributed by atoms with van der Waals surface area (Å²) in [5, 5.41) is 0. The molecule has 0 saturated heterocycles. The van der Waals surface area contributed by atoms with Crippen molar-refractivity contribution in [2.24, 2.45) is 0 Å². The number of anilines is 1. The number of carbonyl (C=O) groups excluding carboxylic acids is 1. The fraction of sp³-hybridized carbons (Fsp3) is 0.500. The number of hydrogen-bond donors (Lipinski definition) is 2. The van der Waals surface area contributed by atoms with Gasteiger partial charge in [-0.25, -0.2) is 9.78 Å². The average Bonchev–Trinajstić information content (AvgIpc) is 2.52. The van der Waals surface area contributed by atoms with E-state index in [1.165, 1.54) is 6.33 Å². The van der Waals surface area contributed by atoms with Crippen LogP contribution >= 0.6 is 12.4 Å². The fourth-order valence-electron chi connectivity index (χ4n) is 0.850. The zero-order valence-corrected chi connectivity index (χ0v) is 8.76. The number of rotatable bonds is 4. The Kier molecular flexibility index (Phi) is 5.71. The maximum Gasteiger partial charge on any atom is 0.358 e. The summed E-state index contributed by atoms with van der Waals surface area (Å²) in [5.41, 5.74) is 5.64. The maximum absolute atomic E-state index is 11.2. The van der Waals surface area contributed by atoms with Crippen LogP contribution in [0, 0.1) is 0 Å². The number of nitrogens with two attached hydrogens (primary N) is 1. The van der Waals surface area contributed by atoms with Crippen LogP contribution in [0.2, 0.25) is 0 Å². The summed E-state index contributed by atoms with van der Waals surface area (Å²) in [6.45, 7) is 2.45. The second kappa shape index (κ2) is 6.26. The summed E-state index contributed by atoms with van der Waals surface area (Å²) >= 11 is 0. The van der Waals surface area contributed by atoms with Crippen molar-refractivity contribution in [3.8, 4) is 0 Å². The molecule has 0 radical (unpaired) electrons. The first-order valence-electron chi connectivity index (χ1n) is 4.21. The van der Waals surface area contributed by atoms with Gasteiger partial charge >= 0.3 is 5.97 Å². The van der Waals surface area contributed by atoms with Gasteiger partial charge in [0.15, 0.2) is 11.5 Å². The molecule has 1 heterocycles. The largest absolute Gasteiger partial charge is 0.461 e. The van der Waals surface area contributed by atoms with Crippen molar-refractivity contribution in [3.63, 3.8) is 0 Å². The SMILES string of the molecule is CCCCOC(=O)c1[nH]cnc1N.Cl. The quantitative estimate of drug-likeness (QED) is 0.592. The molecule has 0 atom stereocenters. The van der Waals surface area contributed by atoms with E-state index in [2.05, 4.69) is 9.97 Å². The molecule has 0 aromatic carbocycles. The Bertz CT molecular complexity index is 288. The highest BCUT2D eigenvalue weighted by atomic mass is 35.5. The van der Waals surface area contributed by atoms with Crippen molar-refractivity contribution >= 4 is 24.2 Å². The molecule has 0 saturated carbocycles. The van der Waals surface area contributed by atoms with E-state index < -0.39 is 5.97 Å². The zero-order chi connectivity index (χ0) is 9.68. The highest BCUT2D eigenvalue weighted by Gasteiger charge is 2.12. The van der Waals surface area contributed by atoms with Crippen LogP contribution in [0.4, 0.5) is 5.82 Å². The Morgan fingerprint density at radius 2 is 2.43 bits per heavy atom. The number of hydrogen-bond acceptors (Lipinski definition) is 4.